The van der Waals surface area contributed by atoms with E-state index < -0.39 is 6.64 Å². The van der Waals surface area contributed by atoms with Gasteiger partial charge >= 0.3 is 6.64 Å². The Morgan fingerprint density at radius 1 is 1.37 bits per heavy atom. The molecule has 0 spiro atoms. The summed E-state index contributed by atoms with van der Waals surface area (Å²) in [6.45, 7) is 8.54. The normalized spacial score (nSPS) is 14.4. The Bertz CT molecular complexity index is 458. The first kappa shape index (κ1) is 16.5. The number of hydrogen-bond acceptors (Lipinski definition) is 5. The first-order chi connectivity index (χ1) is 8.90. The summed E-state index contributed by atoms with van der Waals surface area (Å²) >= 11 is 5.43. The van der Waals surface area contributed by atoms with Crippen LogP contribution in [0.2, 0.25) is 0 Å². The van der Waals surface area contributed by atoms with Gasteiger partial charge in [-0.1, -0.05) is 20.8 Å². The van der Waals surface area contributed by atoms with Gasteiger partial charge < -0.3 is 9.05 Å². The van der Waals surface area contributed by atoms with Gasteiger partial charge in [0, 0.05) is 24.2 Å². The molecule has 0 aliphatic heterocycles. The fraction of sp³-hybridized carbons (Fsp3) is 0.667. The van der Waals surface area contributed by atoms with Crippen molar-refractivity contribution in [2.75, 3.05) is 13.2 Å². The molecular weight excluding hydrogens is 281 g/mol. The largest absolute Gasteiger partial charge is 0.414 e. The zero-order chi connectivity index (χ0) is 14.5. The predicted molar refractivity (Wildman–Crippen MR) is 81.1 cm³/mol. The van der Waals surface area contributed by atoms with Crippen LogP contribution in [-0.2, 0) is 16.3 Å². The van der Waals surface area contributed by atoms with Crippen molar-refractivity contribution in [3.63, 3.8) is 0 Å². The minimum Gasteiger partial charge on any atom is -0.414 e. The van der Waals surface area contributed by atoms with Crippen molar-refractivity contribution >= 4 is 18.4 Å². The molecule has 1 aromatic rings. The average Bonchev–Trinajstić information content (AvgIpc) is 2.28. The topological polar surface area (TPSA) is 56.3 Å². The lowest BCUT2D eigenvalue weighted by molar-refractivity contribution is 0.320. The van der Waals surface area contributed by atoms with Crippen LogP contribution in [0.15, 0.2) is 6.07 Å². The fourth-order valence-electron chi connectivity index (χ4n) is 1.46. The van der Waals surface area contributed by atoms with Crippen LogP contribution >= 0.6 is 6.64 Å². The van der Waals surface area contributed by atoms with Crippen LogP contribution in [0, 0.1) is 6.92 Å². The summed E-state index contributed by atoms with van der Waals surface area (Å²) in [7, 11) is 0. The van der Waals surface area contributed by atoms with Crippen LogP contribution in [0.5, 0.6) is 5.88 Å². The van der Waals surface area contributed by atoms with Crippen molar-refractivity contribution < 1.29 is 9.05 Å². The van der Waals surface area contributed by atoms with Gasteiger partial charge in [0.1, 0.15) is 5.82 Å². The monoisotopic (exact) mass is 303 g/mol. The van der Waals surface area contributed by atoms with E-state index in [9.17, 15) is 0 Å². The Hall–Kier alpha value is -0.550. The molecule has 19 heavy (non-hydrogen) atoms. The SMILES string of the molecule is CCNP(=S)(OCC)Oc1cc(C)nc(C(C)C)n1. The number of hydrogen-bond donors (Lipinski definition) is 1. The molecule has 0 bridgehead atoms. The highest BCUT2D eigenvalue weighted by molar-refractivity contribution is 8.09. The molecule has 5 nitrogen and oxygen atoms in total. The molecule has 1 atom stereocenters. The average molecular weight is 303 g/mol. The van der Waals surface area contributed by atoms with Crippen molar-refractivity contribution in [3.8, 4) is 5.88 Å². The maximum absolute atomic E-state index is 5.80. The molecule has 1 heterocycles. The van der Waals surface area contributed by atoms with Gasteiger partial charge in [0.05, 0.1) is 6.61 Å². The molecular formula is C12H22N3O2PS. The molecule has 1 N–H and O–H groups in total. The lowest BCUT2D eigenvalue weighted by Gasteiger charge is -2.22. The number of rotatable bonds is 7. The number of aryl methyl sites for hydroxylation is 1. The summed E-state index contributed by atoms with van der Waals surface area (Å²) in [6.07, 6.45) is 0. The number of nitrogens with one attached hydrogen (secondary N) is 1. The molecule has 0 aliphatic rings. The van der Waals surface area contributed by atoms with E-state index in [1.165, 1.54) is 0 Å². The van der Waals surface area contributed by atoms with Crippen molar-refractivity contribution in [2.24, 2.45) is 0 Å². The molecule has 0 amide bonds. The Balaban J connectivity index is 2.99. The smallest absolute Gasteiger partial charge is 0.314 e. The van der Waals surface area contributed by atoms with Gasteiger partial charge in [0.25, 0.3) is 0 Å². The van der Waals surface area contributed by atoms with Crippen LogP contribution in [0.3, 0.4) is 0 Å². The molecule has 0 saturated carbocycles. The van der Waals surface area contributed by atoms with Crippen LogP contribution in [0.4, 0.5) is 0 Å². The van der Waals surface area contributed by atoms with Crippen LogP contribution in [-0.4, -0.2) is 23.1 Å². The molecule has 0 aromatic carbocycles. The highest BCUT2D eigenvalue weighted by Crippen LogP contribution is 2.43. The molecule has 1 rings (SSSR count). The quantitative estimate of drug-likeness (QED) is 0.781. The van der Waals surface area contributed by atoms with Crippen molar-refractivity contribution in [1.29, 1.82) is 0 Å². The first-order valence-corrected chi connectivity index (χ1v) is 9.09. The van der Waals surface area contributed by atoms with E-state index in [2.05, 4.69) is 15.1 Å². The van der Waals surface area contributed by atoms with E-state index in [1.54, 1.807) is 6.07 Å². The highest BCUT2D eigenvalue weighted by atomic mass is 32.5. The molecule has 108 valence electrons. The zero-order valence-corrected chi connectivity index (χ0v) is 13.8. The van der Waals surface area contributed by atoms with Crippen molar-refractivity contribution in [1.82, 2.24) is 15.1 Å². The van der Waals surface area contributed by atoms with Gasteiger partial charge in [-0.05, 0) is 25.7 Å². The van der Waals surface area contributed by atoms with E-state index in [0.717, 1.165) is 11.5 Å². The highest BCUT2D eigenvalue weighted by Gasteiger charge is 2.20. The van der Waals surface area contributed by atoms with E-state index in [-0.39, 0.29) is 5.92 Å². The third-order valence-electron chi connectivity index (χ3n) is 2.23. The van der Waals surface area contributed by atoms with E-state index in [1.807, 2.05) is 34.6 Å². The Kier molecular flexibility index (Phi) is 6.33. The van der Waals surface area contributed by atoms with Crippen LogP contribution < -0.4 is 9.61 Å². The summed E-state index contributed by atoms with van der Waals surface area (Å²) in [5, 5.41) is 3.10. The number of nitrogens with zero attached hydrogens (tertiary/aromatic N) is 2. The molecule has 1 unspecified atom stereocenters. The van der Waals surface area contributed by atoms with Gasteiger partial charge in [-0.3, -0.25) is 0 Å². The summed E-state index contributed by atoms with van der Waals surface area (Å²) < 4.78 is 11.3. The lowest BCUT2D eigenvalue weighted by atomic mass is 10.2. The third kappa shape index (κ3) is 5.15. The predicted octanol–water partition coefficient (Wildman–Crippen LogP) is 3.16. The standard InChI is InChI=1S/C12H22N3O2PS/c1-6-13-18(19,16-7-2)17-11-8-10(5)14-12(15-11)9(3)4/h8-9H,6-7H2,1-5H3,(H,13,19). The van der Waals surface area contributed by atoms with Crippen LogP contribution in [0.25, 0.3) is 0 Å². The van der Waals surface area contributed by atoms with Crippen LogP contribution in [0.1, 0.15) is 45.1 Å². The zero-order valence-electron chi connectivity index (χ0n) is 12.1. The van der Waals surface area contributed by atoms with Gasteiger partial charge in [-0.25, -0.2) is 10.1 Å². The molecule has 0 fully saturated rings. The summed E-state index contributed by atoms with van der Waals surface area (Å²) in [5.74, 6) is 1.48. The second-order valence-corrected chi connectivity index (χ2v) is 7.57. The van der Waals surface area contributed by atoms with E-state index in [0.29, 0.717) is 19.0 Å². The van der Waals surface area contributed by atoms with E-state index in [4.69, 9.17) is 20.9 Å². The van der Waals surface area contributed by atoms with E-state index >= 15 is 0 Å². The maximum atomic E-state index is 5.80. The van der Waals surface area contributed by atoms with Gasteiger partial charge in [-0.15, -0.1) is 0 Å². The van der Waals surface area contributed by atoms with Gasteiger partial charge in [-0.2, -0.15) is 4.98 Å². The second-order valence-electron chi connectivity index (χ2n) is 4.38. The lowest BCUT2D eigenvalue weighted by Crippen LogP contribution is -2.16. The Morgan fingerprint density at radius 3 is 2.58 bits per heavy atom. The van der Waals surface area contributed by atoms with Gasteiger partial charge in [0.15, 0.2) is 0 Å². The number of aromatic nitrogens is 2. The first-order valence-electron chi connectivity index (χ1n) is 6.45. The molecule has 0 radical (unpaired) electrons. The molecule has 0 saturated heterocycles. The minimum absolute atomic E-state index is 0.242. The summed E-state index contributed by atoms with van der Waals surface area (Å²) in [6, 6.07) is 1.78. The Morgan fingerprint density at radius 2 is 2.05 bits per heavy atom. The fourth-order valence-corrected chi connectivity index (χ4v) is 3.67. The summed E-state index contributed by atoms with van der Waals surface area (Å²) in [4.78, 5) is 8.77. The summed E-state index contributed by atoms with van der Waals surface area (Å²) in [5.41, 5.74) is 0.864. The maximum Gasteiger partial charge on any atom is 0.314 e. The van der Waals surface area contributed by atoms with Crippen molar-refractivity contribution in [2.45, 2.75) is 40.5 Å². The van der Waals surface area contributed by atoms with Crippen molar-refractivity contribution in [3.05, 3.63) is 17.6 Å². The Labute approximate surface area is 120 Å². The minimum atomic E-state index is -2.52. The molecule has 1 aromatic heterocycles. The third-order valence-corrected chi connectivity index (χ3v) is 4.89. The van der Waals surface area contributed by atoms with Gasteiger partial charge in [0.2, 0.25) is 5.88 Å². The second kappa shape index (κ2) is 7.29. The molecule has 0 aliphatic carbocycles. The molecule has 7 heteroatoms.